The second-order valence-electron chi connectivity index (χ2n) is 11.1. The van der Waals surface area contributed by atoms with Gasteiger partial charge in [-0.1, -0.05) is 20.8 Å². The van der Waals surface area contributed by atoms with Crippen molar-refractivity contribution in [1.29, 1.82) is 0 Å². The van der Waals surface area contributed by atoms with Gasteiger partial charge in [-0.25, -0.2) is 0 Å². The van der Waals surface area contributed by atoms with Crippen LogP contribution >= 0.6 is 0 Å². The number of aliphatic hydroxyl groups is 2. The summed E-state index contributed by atoms with van der Waals surface area (Å²) in [5.41, 5.74) is 0.374. The lowest BCUT2D eigenvalue weighted by Gasteiger charge is -2.55. The molecule has 9 atom stereocenters. The average Bonchev–Trinajstić information content (AvgIpc) is 2.95. The lowest BCUT2D eigenvalue weighted by molar-refractivity contribution is -0.166. The molecule has 0 amide bonds. The highest BCUT2D eigenvalue weighted by molar-refractivity contribution is 5.70. The molecule has 0 aromatic rings. The van der Waals surface area contributed by atoms with E-state index in [0.717, 1.165) is 38.5 Å². The topological polar surface area (TPSA) is 66.8 Å². The first-order chi connectivity index (χ1) is 13.3. The van der Waals surface area contributed by atoms with Gasteiger partial charge in [-0.05, 0) is 86.4 Å². The molecule has 0 aromatic carbocycles. The summed E-state index contributed by atoms with van der Waals surface area (Å²) in [6.07, 6.45) is 9.71. The van der Waals surface area contributed by atoms with Gasteiger partial charge in [0, 0.05) is 24.9 Å². The standard InChI is InChI=1S/C24H40O4/c1-15(5-4-12-25)18-6-7-19-22-20(9-11-24(18,19)3)23(2)10-8-17(26)13-16(23)14-21(27)28-22/h15-20,22,25-26H,4-14H2,1-3H3/t15-,16+,17-,18-,19+,20?,22?,23+,24-/m1/s1. The van der Waals surface area contributed by atoms with E-state index in [4.69, 9.17) is 4.74 Å². The van der Waals surface area contributed by atoms with Crippen LogP contribution in [0.2, 0.25) is 0 Å². The number of carbonyl (C=O) groups excluding carboxylic acids is 1. The van der Waals surface area contributed by atoms with Crippen LogP contribution < -0.4 is 0 Å². The summed E-state index contributed by atoms with van der Waals surface area (Å²) < 4.78 is 6.24. The molecule has 0 bridgehead atoms. The van der Waals surface area contributed by atoms with Crippen LogP contribution in [0.5, 0.6) is 0 Å². The second kappa shape index (κ2) is 7.58. The molecule has 3 aliphatic carbocycles. The first-order valence-corrected chi connectivity index (χ1v) is 11.8. The average molecular weight is 393 g/mol. The van der Waals surface area contributed by atoms with Gasteiger partial charge in [0.05, 0.1) is 6.10 Å². The van der Waals surface area contributed by atoms with Crippen LogP contribution in [0.15, 0.2) is 0 Å². The molecular formula is C24H40O4. The molecule has 3 saturated carbocycles. The molecule has 0 spiro atoms. The molecule has 4 nitrogen and oxygen atoms in total. The zero-order valence-corrected chi connectivity index (χ0v) is 18.0. The quantitative estimate of drug-likeness (QED) is 0.699. The van der Waals surface area contributed by atoms with E-state index in [1.54, 1.807) is 0 Å². The minimum atomic E-state index is -0.250. The van der Waals surface area contributed by atoms with Gasteiger partial charge in [-0.2, -0.15) is 0 Å². The highest BCUT2D eigenvalue weighted by atomic mass is 16.5. The van der Waals surface area contributed by atoms with Crippen LogP contribution in [0.4, 0.5) is 0 Å². The molecule has 1 heterocycles. The molecule has 2 N–H and O–H groups in total. The molecule has 0 radical (unpaired) electrons. The van der Waals surface area contributed by atoms with Crippen molar-refractivity contribution in [3.05, 3.63) is 0 Å². The van der Waals surface area contributed by atoms with E-state index in [-0.39, 0.29) is 41.5 Å². The second-order valence-corrected chi connectivity index (χ2v) is 11.1. The molecular weight excluding hydrogens is 352 g/mol. The first-order valence-electron chi connectivity index (χ1n) is 11.8. The van der Waals surface area contributed by atoms with E-state index >= 15 is 0 Å². The zero-order valence-electron chi connectivity index (χ0n) is 18.0. The minimum absolute atomic E-state index is 0.0288. The highest BCUT2D eigenvalue weighted by Crippen LogP contribution is 2.65. The van der Waals surface area contributed by atoms with Crippen molar-refractivity contribution in [2.24, 2.45) is 40.4 Å². The number of aliphatic hydroxyl groups excluding tert-OH is 2. The molecule has 4 fully saturated rings. The zero-order chi connectivity index (χ0) is 20.1. The SMILES string of the molecule is C[C@H](CCCO)[C@H]1CC[C@H]2C3OC(=O)C[C@@H]4C[C@H](O)CC[C@]4(C)C3CC[C@]12C. The molecule has 2 unspecified atom stereocenters. The van der Waals surface area contributed by atoms with Crippen LogP contribution in [0, 0.1) is 40.4 Å². The smallest absolute Gasteiger partial charge is 0.306 e. The van der Waals surface area contributed by atoms with Crippen molar-refractivity contribution in [2.45, 2.75) is 97.2 Å². The predicted octanol–water partition coefficient (Wildman–Crippen LogP) is 4.32. The molecule has 160 valence electrons. The molecule has 4 heteroatoms. The Bertz CT molecular complexity index is 591. The van der Waals surface area contributed by atoms with Gasteiger partial charge in [0.25, 0.3) is 0 Å². The Morgan fingerprint density at radius 2 is 1.82 bits per heavy atom. The van der Waals surface area contributed by atoms with Gasteiger partial charge in [-0.15, -0.1) is 0 Å². The summed E-state index contributed by atoms with van der Waals surface area (Å²) in [5, 5.41) is 19.5. The Morgan fingerprint density at radius 3 is 2.57 bits per heavy atom. The monoisotopic (exact) mass is 392 g/mol. The van der Waals surface area contributed by atoms with E-state index < -0.39 is 0 Å². The molecule has 0 aromatic heterocycles. The Balaban J connectivity index is 1.60. The third kappa shape index (κ3) is 3.23. The number of hydrogen-bond acceptors (Lipinski definition) is 4. The van der Waals surface area contributed by atoms with E-state index in [0.29, 0.717) is 30.1 Å². The maximum absolute atomic E-state index is 12.8. The molecule has 1 aliphatic heterocycles. The third-order valence-electron chi connectivity index (χ3n) is 9.81. The van der Waals surface area contributed by atoms with Crippen LogP contribution in [-0.2, 0) is 9.53 Å². The van der Waals surface area contributed by atoms with E-state index in [2.05, 4.69) is 20.8 Å². The van der Waals surface area contributed by atoms with E-state index in [1.807, 2.05) is 0 Å². The van der Waals surface area contributed by atoms with E-state index in [9.17, 15) is 15.0 Å². The molecule has 4 aliphatic rings. The van der Waals surface area contributed by atoms with Gasteiger partial charge >= 0.3 is 5.97 Å². The summed E-state index contributed by atoms with van der Waals surface area (Å²) >= 11 is 0. The Morgan fingerprint density at radius 1 is 1.11 bits per heavy atom. The summed E-state index contributed by atoms with van der Waals surface area (Å²) in [6, 6.07) is 0. The summed E-state index contributed by atoms with van der Waals surface area (Å²) in [4.78, 5) is 12.8. The molecule has 28 heavy (non-hydrogen) atoms. The summed E-state index contributed by atoms with van der Waals surface area (Å²) in [5.74, 6) is 2.44. The van der Waals surface area contributed by atoms with E-state index in [1.165, 1.54) is 19.3 Å². The minimum Gasteiger partial charge on any atom is -0.462 e. The van der Waals surface area contributed by atoms with Crippen molar-refractivity contribution in [3.8, 4) is 0 Å². The fourth-order valence-corrected chi connectivity index (χ4v) is 8.14. The van der Waals surface area contributed by atoms with Gasteiger partial charge in [-0.3, -0.25) is 4.79 Å². The third-order valence-corrected chi connectivity index (χ3v) is 9.81. The van der Waals surface area contributed by atoms with Crippen LogP contribution in [0.25, 0.3) is 0 Å². The number of carbonyl (C=O) groups is 1. The number of ether oxygens (including phenoxy) is 1. The summed E-state index contributed by atoms with van der Waals surface area (Å²) in [6.45, 7) is 7.50. The Kier molecular flexibility index (Phi) is 5.59. The van der Waals surface area contributed by atoms with Crippen molar-refractivity contribution in [1.82, 2.24) is 0 Å². The normalized spacial score (nSPS) is 49.4. The Hall–Kier alpha value is -0.610. The maximum Gasteiger partial charge on any atom is 0.306 e. The number of hydrogen-bond donors (Lipinski definition) is 2. The van der Waals surface area contributed by atoms with Crippen LogP contribution in [0.1, 0.15) is 85.0 Å². The maximum atomic E-state index is 12.8. The number of rotatable bonds is 4. The summed E-state index contributed by atoms with van der Waals surface area (Å²) in [7, 11) is 0. The van der Waals surface area contributed by atoms with Crippen LogP contribution in [0.3, 0.4) is 0 Å². The van der Waals surface area contributed by atoms with Crippen molar-refractivity contribution < 1.29 is 19.7 Å². The van der Waals surface area contributed by atoms with Crippen molar-refractivity contribution >= 4 is 5.97 Å². The molecule has 4 rings (SSSR count). The van der Waals surface area contributed by atoms with Gasteiger partial charge in [0.15, 0.2) is 0 Å². The lowest BCUT2D eigenvalue weighted by atomic mass is 9.51. The predicted molar refractivity (Wildman–Crippen MR) is 108 cm³/mol. The van der Waals surface area contributed by atoms with Crippen molar-refractivity contribution in [2.75, 3.05) is 6.61 Å². The number of fused-ring (bicyclic) bond motifs is 5. The molecule has 1 saturated heterocycles. The van der Waals surface area contributed by atoms with Crippen LogP contribution in [-0.4, -0.2) is 35.0 Å². The fraction of sp³-hybridized carbons (Fsp3) is 0.958. The van der Waals surface area contributed by atoms with Gasteiger partial charge < -0.3 is 14.9 Å². The highest BCUT2D eigenvalue weighted by Gasteiger charge is 2.61. The first kappa shape index (κ1) is 20.7. The van der Waals surface area contributed by atoms with Crippen molar-refractivity contribution in [3.63, 3.8) is 0 Å². The fourth-order valence-electron chi connectivity index (χ4n) is 8.14. The largest absolute Gasteiger partial charge is 0.462 e. The number of esters is 1. The lowest BCUT2D eigenvalue weighted by Crippen LogP contribution is -2.53. The van der Waals surface area contributed by atoms with Gasteiger partial charge in [0.1, 0.15) is 6.10 Å². The van der Waals surface area contributed by atoms with Gasteiger partial charge in [0.2, 0.25) is 0 Å². The Labute approximate surface area is 170 Å².